The fraction of sp³-hybridized carbons (Fsp3) is 0.176. The van der Waals surface area contributed by atoms with Crippen LogP contribution in [0.1, 0.15) is 11.1 Å². The lowest BCUT2D eigenvalue weighted by Crippen LogP contribution is -2.06. The van der Waals surface area contributed by atoms with E-state index in [-0.39, 0.29) is 11.5 Å². The Kier molecular flexibility index (Phi) is 5.21. The summed E-state index contributed by atoms with van der Waals surface area (Å²) in [5.74, 6) is 6.21. The summed E-state index contributed by atoms with van der Waals surface area (Å²) in [6, 6.07) is 13.7. The molecular weight excluding hydrogens is 300 g/mol. The van der Waals surface area contributed by atoms with Crippen LogP contribution in [0.15, 0.2) is 53.4 Å². The van der Waals surface area contributed by atoms with Crippen molar-refractivity contribution >= 4 is 10.1 Å². The minimum atomic E-state index is -3.77. The van der Waals surface area contributed by atoms with E-state index in [1.54, 1.807) is 25.3 Å². The Morgan fingerprint density at radius 2 is 1.82 bits per heavy atom. The van der Waals surface area contributed by atoms with E-state index in [4.69, 9.17) is 8.92 Å². The van der Waals surface area contributed by atoms with Crippen LogP contribution in [0, 0.1) is 18.8 Å². The van der Waals surface area contributed by atoms with E-state index in [2.05, 4.69) is 11.8 Å². The lowest BCUT2D eigenvalue weighted by molar-refractivity contribution is 0.363. The number of benzene rings is 2. The van der Waals surface area contributed by atoms with E-state index >= 15 is 0 Å². The average Bonchev–Trinajstić information content (AvgIpc) is 2.52. The molecule has 0 spiro atoms. The molecule has 2 rings (SSSR count). The SMILES string of the molecule is COc1cccc(C#CCOS(=O)(=O)c2ccc(C)cc2)c1. The molecule has 2 aromatic carbocycles. The Morgan fingerprint density at radius 3 is 2.50 bits per heavy atom. The van der Waals surface area contributed by atoms with Crippen molar-refractivity contribution in [2.75, 3.05) is 13.7 Å². The van der Waals surface area contributed by atoms with Crippen molar-refractivity contribution in [2.45, 2.75) is 11.8 Å². The first-order valence-electron chi connectivity index (χ1n) is 6.60. The first-order chi connectivity index (χ1) is 10.5. The second kappa shape index (κ2) is 7.12. The molecule has 0 saturated heterocycles. The predicted octanol–water partition coefficient (Wildman–Crippen LogP) is 2.76. The molecule has 0 atom stereocenters. The van der Waals surface area contributed by atoms with Crippen LogP contribution >= 0.6 is 0 Å². The quantitative estimate of drug-likeness (QED) is 0.643. The Bertz CT molecular complexity index is 797. The number of aryl methyl sites for hydroxylation is 1. The van der Waals surface area contributed by atoms with Crippen molar-refractivity contribution in [2.24, 2.45) is 0 Å². The van der Waals surface area contributed by atoms with Crippen LogP contribution in [-0.4, -0.2) is 22.1 Å². The summed E-state index contributed by atoms with van der Waals surface area (Å²) in [7, 11) is -2.20. The highest BCUT2D eigenvalue weighted by molar-refractivity contribution is 7.86. The highest BCUT2D eigenvalue weighted by Crippen LogP contribution is 2.13. The van der Waals surface area contributed by atoms with Gasteiger partial charge in [-0.3, -0.25) is 4.18 Å². The second-order valence-corrected chi connectivity index (χ2v) is 6.18. The molecule has 114 valence electrons. The van der Waals surface area contributed by atoms with E-state index in [0.29, 0.717) is 5.75 Å². The topological polar surface area (TPSA) is 52.6 Å². The van der Waals surface area contributed by atoms with Gasteiger partial charge in [-0.2, -0.15) is 8.42 Å². The zero-order chi connectivity index (χ0) is 16.0. The number of rotatable bonds is 4. The Balaban J connectivity index is 2.01. The van der Waals surface area contributed by atoms with E-state index in [0.717, 1.165) is 11.1 Å². The maximum Gasteiger partial charge on any atom is 0.297 e. The van der Waals surface area contributed by atoms with Crippen molar-refractivity contribution in [3.8, 4) is 17.6 Å². The molecule has 22 heavy (non-hydrogen) atoms. The number of hydrogen-bond acceptors (Lipinski definition) is 4. The lowest BCUT2D eigenvalue weighted by Gasteiger charge is -2.02. The normalized spacial score (nSPS) is 10.6. The molecule has 0 fully saturated rings. The Morgan fingerprint density at radius 1 is 1.09 bits per heavy atom. The smallest absolute Gasteiger partial charge is 0.297 e. The number of ether oxygens (including phenoxy) is 1. The Hall–Kier alpha value is -2.29. The van der Waals surface area contributed by atoms with Gasteiger partial charge in [-0.15, -0.1) is 0 Å². The number of methoxy groups -OCH3 is 1. The van der Waals surface area contributed by atoms with Crippen LogP contribution in [0.5, 0.6) is 5.75 Å². The molecule has 0 heterocycles. The van der Waals surface area contributed by atoms with Crippen LogP contribution in [0.2, 0.25) is 0 Å². The molecule has 5 heteroatoms. The predicted molar refractivity (Wildman–Crippen MR) is 84.2 cm³/mol. The molecule has 2 aromatic rings. The van der Waals surface area contributed by atoms with E-state index in [1.807, 2.05) is 25.1 Å². The average molecular weight is 316 g/mol. The fourth-order valence-corrected chi connectivity index (χ4v) is 2.54. The van der Waals surface area contributed by atoms with Gasteiger partial charge in [-0.1, -0.05) is 35.6 Å². The first-order valence-corrected chi connectivity index (χ1v) is 8.01. The minimum Gasteiger partial charge on any atom is -0.497 e. The lowest BCUT2D eigenvalue weighted by atomic mass is 10.2. The van der Waals surface area contributed by atoms with Gasteiger partial charge in [-0.05, 0) is 37.3 Å². The van der Waals surface area contributed by atoms with Crippen LogP contribution in [-0.2, 0) is 14.3 Å². The monoisotopic (exact) mass is 316 g/mol. The molecule has 0 unspecified atom stereocenters. The first kappa shape index (κ1) is 16.1. The van der Waals surface area contributed by atoms with Crippen molar-refractivity contribution in [1.29, 1.82) is 0 Å². The van der Waals surface area contributed by atoms with Crippen LogP contribution in [0.25, 0.3) is 0 Å². The molecule has 0 saturated carbocycles. The molecule has 0 amide bonds. The van der Waals surface area contributed by atoms with Crippen molar-refractivity contribution in [3.63, 3.8) is 0 Å². The maximum absolute atomic E-state index is 11.9. The van der Waals surface area contributed by atoms with Crippen molar-refractivity contribution in [3.05, 3.63) is 59.7 Å². The summed E-state index contributed by atoms with van der Waals surface area (Å²) in [4.78, 5) is 0.126. The maximum atomic E-state index is 11.9. The van der Waals surface area contributed by atoms with Gasteiger partial charge in [0.1, 0.15) is 12.4 Å². The standard InChI is InChI=1S/C17H16O4S/c1-14-8-10-17(11-9-14)22(18,19)21-12-4-6-15-5-3-7-16(13-15)20-2/h3,5,7-11,13H,12H2,1-2H3. The molecular formula is C17H16O4S. The van der Waals surface area contributed by atoms with Gasteiger partial charge >= 0.3 is 0 Å². The molecule has 0 aliphatic heterocycles. The van der Waals surface area contributed by atoms with Crippen LogP contribution in [0.3, 0.4) is 0 Å². The second-order valence-electron chi connectivity index (χ2n) is 4.56. The van der Waals surface area contributed by atoms with Gasteiger partial charge in [0.05, 0.1) is 12.0 Å². The highest BCUT2D eigenvalue weighted by Gasteiger charge is 2.13. The summed E-state index contributed by atoms with van der Waals surface area (Å²) in [6.07, 6.45) is 0. The molecule has 0 aromatic heterocycles. The fourth-order valence-electron chi connectivity index (χ4n) is 1.72. The third-order valence-corrected chi connectivity index (χ3v) is 4.18. The van der Waals surface area contributed by atoms with Crippen molar-refractivity contribution < 1.29 is 17.3 Å². The summed E-state index contributed by atoms with van der Waals surface area (Å²) in [6.45, 7) is 1.68. The van der Waals surface area contributed by atoms with E-state index in [9.17, 15) is 8.42 Å². The summed E-state index contributed by atoms with van der Waals surface area (Å²) in [5.41, 5.74) is 1.72. The van der Waals surface area contributed by atoms with Gasteiger partial charge in [-0.25, -0.2) is 0 Å². The van der Waals surface area contributed by atoms with E-state index in [1.165, 1.54) is 12.1 Å². The third kappa shape index (κ3) is 4.35. The van der Waals surface area contributed by atoms with Crippen LogP contribution < -0.4 is 4.74 Å². The Labute approximate surface area is 130 Å². The molecule has 0 bridgehead atoms. The molecule has 0 N–H and O–H groups in total. The minimum absolute atomic E-state index is 0.126. The highest BCUT2D eigenvalue weighted by atomic mass is 32.2. The third-order valence-electron chi connectivity index (χ3n) is 2.90. The zero-order valence-electron chi connectivity index (χ0n) is 12.4. The van der Waals surface area contributed by atoms with Crippen molar-refractivity contribution in [1.82, 2.24) is 0 Å². The summed E-state index contributed by atoms with van der Waals surface area (Å²) >= 11 is 0. The molecule has 0 aliphatic rings. The van der Waals surface area contributed by atoms with E-state index < -0.39 is 10.1 Å². The molecule has 0 radical (unpaired) electrons. The summed E-state index contributed by atoms with van der Waals surface area (Å²) in [5, 5.41) is 0. The number of hydrogen-bond donors (Lipinski definition) is 0. The van der Waals surface area contributed by atoms with Gasteiger partial charge in [0.2, 0.25) is 0 Å². The summed E-state index contributed by atoms with van der Waals surface area (Å²) < 4.78 is 33.9. The van der Waals surface area contributed by atoms with Crippen LogP contribution in [0.4, 0.5) is 0 Å². The van der Waals surface area contributed by atoms with Gasteiger partial charge in [0.25, 0.3) is 10.1 Å². The van der Waals surface area contributed by atoms with Gasteiger partial charge in [0.15, 0.2) is 0 Å². The van der Waals surface area contributed by atoms with Gasteiger partial charge < -0.3 is 4.74 Å². The molecule has 0 aliphatic carbocycles. The molecule has 4 nitrogen and oxygen atoms in total. The van der Waals surface area contributed by atoms with Gasteiger partial charge in [0, 0.05) is 5.56 Å². The largest absolute Gasteiger partial charge is 0.497 e. The zero-order valence-corrected chi connectivity index (χ0v) is 13.2.